The van der Waals surface area contributed by atoms with Crippen molar-refractivity contribution in [2.45, 2.75) is 102 Å². The van der Waals surface area contributed by atoms with Crippen molar-refractivity contribution in [2.75, 3.05) is 33.7 Å². The Balaban J connectivity index is 0.000000142. The van der Waals surface area contributed by atoms with Gasteiger partial charge in [-0.05, 0) is 55.7 Å². The first-order valence-electron chi connectivity index (χ1n) is 21.4. The zero-order valence-electron chi connectivity index (χ0n) is 35.2. The molecule has 2 atom stereocenters. The molecular formula is C46H53ClN12O2. The quantitative estimate of drug-likeness (QED) is 0.155. The smallest absolute Gasteiger partial charge is 0.249 e. The molecule has 10 rings (SSSR count). The fourth-order valence-electron chi connectivity index (χ4n) is 9.08. The Bertz CT molecular complexity index is 2400. The summed E-state index contributed by atoms with van der Waals surface area (Å²) in [6, 6.07) is 20.6. The lowest BCUT2D eigenvalue weighted by Gasteiger charge is -2.43. The Morgan fingerprint density at radius 1 is 0.672 bits per heavy atom. The summed E-state index contributed by atoms with van der Waals surface area (Å²) in [4.78, 5) is 62.9. The van der Waals surface area contributed by atoms with Crippen molar-refractivity contribution < 1.29 is 9.59 Å². The average molecular weight is 841 g/mol. The molecule has 0 radical (unpaired) electrons. The van der Waals surface area contributed by atoms with Crippen molar-refractivity contribution in [3.8, 4) is 28.5 Å². The molecule has 4 aliphatic rings. The molecule has 2 aliphatic carbocycles. The number of fused-ring (bicyclic) bond motifs is 2. The van der Waals surface area contributed by atoms with Gasteiger partial charge in [-0.1, -0.05) is 100 Å². The van der Waals surface area contributed by atoms with E-state index in [2.05, 4.69) is 46.6 Å². The van der Waals surface area contributed by atoms with Crippen LogP contribution < -0.4 is 19.6 Å². The zero-order chi connectivity index (χ0) is 42.5. The highest BCUT2D eigenvalue weighted by Gasteiger charge is 2.42. The number of benzene rings is 2. The molecule has 2 fully saturated rings. The number of rotatable bonds is 7. The lowest BCUT2D eigenvalue weighted by atomic mass is 10.0. The van der Waals surface area contributed by atoms with Crippen molar-refractivity contribution in [1.29, 1.82) is 0 Å². The van der Waals surface area contributed by atoms with E-state index in [4.69, 9.17) is 16.6 Å². The van der Waals surface area contributed by atoms with Gasteiger partial charge < -0.3 is 24.6 Å². The first kappa shape index (κ1) is 41.6. The molecule has 6 aromatic rings. The number of nitrogens with zero attached hydrogens (tertiary/aromatic N) is 11. The third-order valence-electron chi connectivity index (χ3n) is 12.2. The number of imidazole rings is 2. The molecule has 0 saturated heterocycles. The van der Waals surface area contributed by atoms with Crippen molar-refractivity contribution in [3.63, 3.8) is 0 Å². The predicted molar refractivity (Wildman–Crippen MR) is 240 cm³/mol. The van der Waals surface area contributed by atoms with Gasteiger partial charge >= 0.3 is 0 Å². The fraction of sp³-hybridized carbons (Fsp3) is 0.391. The van der Waals surface area contributed by atoms with Crippen LogP contribution in [0.15, 0.2) is 98.1 Å². The van der Waals surface area contributed by atoms with Gasteiger partial charge in [-0.15, -0.1) is 0 Å². The number of carbonyl (C=O) groups excluding carboxylic acids is 2. The van der Waals surface area contributed by atoms with Crippen LogP contribution in [0.25, 0.3) is 28.5 Å². The maximum atomic E-state index is 13.0. The van der Waals surface area contributed by atoms with E-state index in [0.717, 1.165) is 78.5 Å². The van der Waals surface area contributed by atoms with Crippen LogP contribution in [0.5, 0.6) is 0 Å². The molecule has 0 bridgehead atoms. The van der Waals surface area contributed by atoms with E-state index in [-0.39, 0.29) is 29.2 Å². The molecule has 2 aliphatic heterocycles. The fourth-order valence-corrected chi connectivity index (χ4v) is 9.21. The van der Waals surface area contributed by atoms with E-state index in [1.165, 1.54) is 31.2 Å². The molecule has 14 nitrogen and oxygen atoms in total. The summed E-state index contributed by atoms with van der Waals surface area (Å²) < 4.78 is 1.85. The molecule has 1 N–H and O–H groups in total. The lowest BCUT2D eigenvalue weighted by molar-refractivity contribution is -0.120. The monoisotopic (exact) mass is 840 g/mol. The lowest BCUT2D eigenvalue weighted by Crippen LogP contribution is -2.55. The first-order valence-corrected chi connectivity index (χ1v) is 21.8. The standard InChI is InChI=1S/C23H26N6O.C14H19ClN4O.C9H8N2/c1-3-19-22(30)27(2)20-13-24-23(26-21(20)29(19)17-11-7-8-12-17)28-14-18(25-15-28)16-9-5-4-6-10-16;1-3-10-13(20)18(2)11-8-16-14(15)17-12(11)19(10)9-6-4-5-7-9;1-2-4-8(5-3-1)9-6-10-7-11-9/h4-6,9-10,13-15,17,19H,3,7-8,11-12H2,1-2H3;8-10H,3-7H2,1-2H3;1-7H,(H,10,11)/t19-;10-;/m11./s1. The summed E-state index contributed by atoms with van der Waals surface area (Å²) in [5.41, 5.74) is 5.71. The van der Waals surface area contributed by atoms with Crippen molar-refractivity contribution >= 4 is 46.4 Å². The number of amides is 2. The number of halogens is 1. The van der Waals surface area contributed by atoms with Gasteiger partial charge in [0.1, 0.15) is 29.8 Å². The second kappa shape index (κ2) is 18.6. The average Bonchev–Trinajstić information content (AvgIpc) is 4.16. The molecule has 15 heteroatoms. The van der Waals surface area contributed by atoms with Gasteiger partial charge in [-0.3, -0.25) is 14.2 Å². The number of aromatic nitrogens is 8. The normalized spacial score (nSPS) is 19.0. The number of hydrogen-bond acceptors (Lipinski definition) is 10. The van der Waals surface area contributed by atoms with E-state index in [9.17, 15) is 9.59 Å². The van der Waals surface area contributed by atoms with Crippen LogP contribution in [0, 0.1) is 0 Å². The Hall–Kier alpha value is -6.15. The number of nitrogens with one attached hydrogen (secondary N) is 1. The summed E-state index contributed by atoms with van der Waals surface area (Å²) in [6.07, 6.45) is 21.5. The van der Waals surface area contributed by atoms with Crippen LogP contribution in [-0.4, -0.2) is 89.5 Å². The van der Waals surface area contributed by atoms with Gasteiger partial charge in [0.25, 0.3) is 0 Å². The summed E-state index contributed by atoms with van der Waals surface area (Å²) in [6.45, 7) is 4.12. The topological polar surface area (TPSA) is 145 Å². The molecule has 61 heavy (non-hydrogen) atoms. The van der Waals surface area contributed by atoms with E-state index in [1.807, 2.05) is 91.6 Å². The highest BCUT2D eigenvalue weighted by atomic mass is 35.5. The van der Waals surface area contributed by atoms with E-state index < -0.39 is 0 Å². The number of H-pyrrole nitrogens is 1. The van der Waals surface area contributed by atoms with Crippen LogP contribution in [0.2, 0.25) is 5.28 Å². The SMILES string of the molecule is CC[C@@H]1C(=O)N(C)c2cnc(-n3cnc(-c4ccccc4)c3)nc2N1C1CCCC1.CC[C@@H]1C(=O)N(C)c2cnc(Cl)nc2N1C1CCCC1.c1ccc(-c2cnc[nH]2)cc1. The minimum Gasteiger partial charge on any atom is -0.345 e. The van der Waals surface area contributed by atoms with Gasteiger partial charge in [-0.2, -0.15) is 9.97 Å². The zero-order valence-corrected chi connectivity index (χ0v) is 36.0. The Morgan fingerprint density at radius 3 is 1.72 bits per heavy atom. The Kier molecular flexibility index (Phi) is 12.7. The number of likely N-dealkylation sites (N-methyl/N-ethyl adjacent to an activating group) is 2. The van der Waals surface area contributed by atoms with Crippen LogP contribution in [0.3, 0.4) is 0 Å². The third-order valence-corrected chi connectivity index (χ3v) is 12.4. The van der Waals surface area contributed by atoms with Crippen LogP contribution in [-0.2, 0) is 9.59 Å². The first-order chi connectivity index (χ1) is 29.8. The van der Waals surface area contributed by atoms with Gasteiger partial charge in [0, 0.05) is 37.9 Å². The van der Waals surface area contributed by atoms with Crippen LogP contribution >= 0.6 is 11.6 Å². The maximum absolute atomic E-state index is 13.0. The van der Waals surface area contributed by atoms with Crippen LogP contribution in [0.4, 0.5) is 23.0 Å². The number of aromatic amines is 1. The van der Waals surface area contributed by atoms with E-state index >= 15 is 0 Å². The minimum atomic E-state index is -0.170. The summed E-state index contributed by atoms with van der Waals surface area (Å²) in [5.74, 6) is 2.49. The Morgan fingerprint density at radius 2 is 1.20 bits per heavy atom. The number of hydrogen-bond donors (Lipinski definition) is 1. The van der Waals surface area contributed by atoms with Gasteiger partial charge in [-0.25, -0.2) is 19.9 Å². The van der Waals surface area contributed by atoms with E-state index in [0.29, 0.717) is 18.0 Å². The predicted octanol–water partition coefficient (Wildman–Crippen LogP) is 8.54. The van der Waals surface area contributed by atoms with Crippen molar-refractivity contribution in [2.24, 2.45) is 0 Å². The maximum Gasteiger partial charge on any atom is 0.249 e. The molecule has 4 aromatic heterocycles. The Labute approximate surface area is 362 Å². The molecule has 0 unspecified atom stereocenters. The molecular weight excluding hydrogens is 788 g/mol. The minimum absolute atomic E-state index is 0.123. The number of anilines is 4. The second-order valence-electron chi connectivity index (χ2n) is 15.9. The molecule has 6 heterocycles. The van der Waals surface area contributed by atoms with Gasteiger partial charge in [0.15, 0.2) is 11.6 Å². The summed E-state index contributed by atoms with van der Waals surface area (Å²) >= 11 is 5.97. The second-order valence-corrected chi connectivity index (χ2v) is 16.3. The molecule has 2 amide bonds. The van der Waals surface area contributed by atoms with Crippen molar-refractivity contribution in [1.82, 2.24) is 39.5 Å². The molecule has 0 spiro atoms. The number of carbonyl (C=O) groups is 2. The largest absolute Gasteiger partial charge is 0.345 e. The highest BCUT2D eigenvalue weighted by Crippen LogP contribution is 2.41. The summed E-state index contributed by atoms with van der Waals surface area (Å²) in [5, 5.41) is 0.240. The van der Waals surface area contributed by atoms with Gasteiger partial charge in [0.2, 0.25) is 23.0 Å². The van der Waals surface area contributed by atoms with E-state index in [1.54, 1.807) is 41.9 Å². The van der Waals surface area contributed by atoms with Crippen molar-refractivity contribution in [3.05, 3.63) is 103 Å². The molecule has 2 saturated carbocycles. The van der Waals surface area contributed by atoms with Crippen LogP contribution in [0.1, 0.15) is 78.1 Å². The summed E-state index contributed by atoms with van der Waals surface area (Å²) in [7, 11) is 3.61. The molecule has 2 aromatic carbocycles. The third kappa shape index (κ3) is 8.59. The highest BCUT2D eigenvalue weighted by molar-refractivity contribution is 6.28. The van der Waals surface area contributed by atoms with Gasteiger partial charge in [0.05, 0.1) is 36.3 Å². The molecule has 316 valence electrons.